The van der Waals surface area contributed by atoms with E-state index in [1.807, 2.05) is 0 Å². The SMILES string of the molecule is COC(=O)c1ccc(NS(=O)(=O)c2ccc([N+](=O)[O-])cc2)c(C)c1. The second kappa shape index (κ2) is 6.67. The number of esters is 1. The molecule has 2 rings (SSSR count). The Hall–Kier alpha value is -2.94. The Bertz CT molecular complexity index is 891. The zero-order chi connectivity index (χ0) is 17.9. The van der Waals surface area contributed by atoms with E-state index in [0.717, 1.165) is 24.3 Å². The highest BCUT2D eigenvalue weighted by atomic mass is 32.2. The van der Waals surface area contributed by atoms with Crippen LogP contribution in [0.3, 0.4) is 0 Å². The molecule has 0 atom stereocenters. The van der Waals surface area contributed by atoms with Crippen LogP contribution in [0.4, 0.5) is 11.4 Å². The molecule has 8 nitrogen and oxygen atoms in total. The van der Waals surface area contributed by atoms with Crippen LogP contribution in [0.5, 0.6) is 0 Å². The summed E-state index contributed by atoms with van der Waals surface area (Å²) < 4.78 is 31.7. The van der Waals surface area contributed by atoms with E-state index in [-0.39, 0.29) is 10.6 Å². The first-order valence-corrected chi connectivity index (χ1v) is 8.19. The minimum atomic E-state index is -3.91. The van der Waals surface area contributed by atoms with E-state index < -0.39 is 20.9 Å². The minimum absolute atomic E-state index is 0.107. The van der Waals surface area contributed by atoms with Crippen molar-refractivity contribution in [1.29, 1.82) is 0 Å². The van der Waals surface area contributed by atoms with Crippen molar-refractivity contribution in [2.24, 2.45) is 0 Å². The number of aryl methyl sites for hydroxylation is 1. The molecule has 2 aromatic carbocycles. The molecular weight excluding hydrogens is 336 g/mol. The van der Waals surface area contributed by atoms with Gasteiger partial charge in [-0.1, -0.05) is 0 Å². The summed E-state index contributed by atoms with van der Waals surface area (Å²) in [6.45, 7) is 1.64. The quantitative estimate of drug-likeness (QED) is 0.503. The molecule has 0 saturated heterocycles. The van der Waals surface area contributed by atoms with Gasteiger partial charge in [-0.25, -0.2) is 13.2 Å². The maximum absolute atomic E-state index is 12.3. The normalized spacial score (nSPS) is 10.9. The second-order valence-corrected chi connectivity index (χ2v) is 6.56. The first-order valence-electron chi connectivity index (χ1n) is 6.71. The molecule has 0 fully saturated rings. The molecule has 0 bridgehead atoms. The van der Waals surface area contributed by atoms with Crippen molar-refractivity contribution in [3.8, 4) is 0 Å². The summed E-state index contributed by atoms with van der Waals surface area (Å²) in [6, 6.07) is 8.91. The molecule has 0 radical (unpaired) electrons. The maximum atomic E-state index is 12.3. The minimum Gasteiger partial charge on any atom is -0.465 e. The van der Waals surface area contributed by atoms with Gasteiger partial charge >= 0.3 is 5.97 Å². The monoisotopic (exact) mass is 350 g/mol. The van der Waals surface area contributed by atoms with E-state index in [0.29, 0.717) is 16.8 Å². The summed E-state index contributed by atoms with van der Waals surface area (Å²) >= 11 is 0. The lowest BCUT2D eigenvalue weighted by atomic mass is 10.1. The van der Waals surface area contributed by atoms with Crippen molar-refractivity contribution in [1.82, 2.24) is 0 Å². The van der Waals surface area contributed by atoms with E-state index >= 15 is 0 Å². The summed E-state index contributed by atoms with van der Waals surface area (Å²) in [5, 5.41) is 10.6. The summed E-state index contributed by atoms with van der Waals surface area (Å²) in [5.74, 6) is -0.525. The first kappa shape index (κ1) is 17.4. The maximum Gasteiger partial charge on any atom is 0.337 e. The Morgan fingerprint density at radius 2 is 1.79 bits per heavy atom. The summed E-state index contributed by atoms with van der Waals surface area (Å²) in [6.07, 6.45) is 0. The molecule has 0 aliphatic carbocycles. The van der Waals surface area contributed by atoms with E-state index in [9.17, 15) is 23.3 Å². The van der Waals surface area contributed by atoms with Crippen LogP contribution < -0.4 is 4.72 Å². The third-order valence-electron chi connectivity index (χ3n) is 3.25. The van der Waals surface area contributed by atoms with Gasteiger partial charge < -0.3 is 4.74 Å². The molecule has 24 heavy (non-hydrogen) atoms. The first-order chi connectivity index (χ1) is 11.2. The number of nitro groups is 1. The molecular formula is C15H14N2O6S. The van der Waals surface area contributed by atoms with Gasteiger partial charge in [-0.2, -0.15) is 0 Å². The summed E-state index contributed by atoms with van der Waals surface area (Å²) in [4.78, 5) is 21.3. The topological polar surface area (TPSA) is 116 Å². The highest BCUT2D eigenvalue weighted by molar-refractivity contribution is 7.92. The van der Waals surface area contributed by atoms with E-state index in [1.165, 1.54) is 25.3 Å². The predicted molar refractivity (Wildman–Crippen MR) is 86.4 cm³/mol. The van der Waals surface area contributed by atoms with Crippen LogP contribution in [-0.4, -0.2) is 26.4 Å². The molecule has 0 aromatic heterocycles. The Balaban J connectivity index is 2.29. The zero-order valence-electron chi connectivity index (χ0n) is 12.8. The van der Waals surface area contributed by atoms with Gasteiger partial charge in [-0.3, -0.25) is 14.8 Å². The molecule has 0 spiro atoms. The largest absolute Gasteiger partial charge is 0.465 e. The van der Waals surface area contributed by atoms with Crippen molar-refractivity contribution < 1.29 is 22.9 Å². The van der Waals surface area contributed by atoms with Crippen LogP contribution in [-0.2, 0) is 14.8 Å². The van der Waals surface area contributed by atoms with Crippen LogP contribution in [0.15, 0.2) is 47.4 Å². The van der Waals surface area contributed by atoms with Gasteiger partial charge in [0, 0.05) is 12.1 Å². The lowest BCUT2D eigenvalue weighted by Crippen LogP contribution is -2.14. The van der Waals surface area contributed by atoms with Gasteiger partial charge in [-0.15, -0.1) is 0 Å². The number of hydrogen-bond acceptors (Lipinski definition) is 6. The molecule has 9 heteroatoms. The lowest BCUT2D eigenvalue weighted by molar-refractivity contribution is -0.384. The molecule has 0 amide bonds. The fourth-order valence-corrected chi connectivity index (χ4v) is 3.10. The molecule has 0 heterocycles. The summed E-state index contributed by atoms with van der Waals surface area (Å²) in [5.41, 5.74) is 0.922. The number of non-ortho nitro benzene ring substituents is 1. The van der Waals surface area contributed by atoms with Crippen molar-refractivity contribution in [3.05, 3.63) is 63.7 Å². The number of carbonyl (C=O) groups excluding carboxylic acids is 1. The number of anilines is 1. The van der Waals surface area contributed by atoms with Crippen LogP contribution in [0.2, 0.25) is 0 Å². The van der Waals surface area contributed by atoms with Gasteiger partial charge in [-0.05, 0) is 42.8 Å². The average molecular weight is 350 g/mol. The number of rotatable bonds is 5. The highest BCUT2D eigenvalue weighted by Crippen LogP contribution is 2.22. The van der Waals surface area contributed by atoms with Crippen molar-refractivity contribution in [2.75, 3.05) is 11.8 Å². The molecule has 0 aliphatic heterocycles. The molecule has 2 aromatic rings. The Labute approximate surface area is 138 Å². The van der Waals surface area contributed by atoms with Gasteiger partial charge in [0.05, 0.1) is 28.2 Å². The Kier molecular flexibility index (Phi) is 4.84. The van der Waals surface area contributed by atoms with Crippen molar-refractivity contribution in [3.63, 3.8) is 0 Å². The third kappa shape index (κ3) is 3.69. The second-order valence-electron chi connectivity index (χ2n) is 4.88. The van der Waals surface area contributed by atoms with Crippen molar-refractivity contribution in [2.45, 2.75) is 11.8 Å². The lowest BCUT2D eigenvalue weighted by Gasteiger charge is -2.11. The van der Waals surface area contributed by atoms with Gasteiger partial charge in [0.2, 0.25) is 0 Å². The Morgan fingerprint density at radius 3 is 2.29 bits per heavy atom. The smallest absolute Gasteiger partial charge is 0.337 e. The van der Waals surface area contributed by atoms with Crippen LogP contribution in [0, 0.1) is 17.0 Å². The number of ether oxygens (including phenoxy) is 1. The fraction of sp³-hybridized carbons (Fsp3) is 0.133. The molecule has 0 aliphatic rings. The van der Waals surface area contributed by atoms with Gasteiger partial charge in [0.15, 0.2) is 0 Å². The molecule has 126 valence electrons. The zero-order valence-corrected chi connectivity index (χ0v) is 13.7. The number of nitrogens with zero attached hydrogens (tertiary/aromatic N) is 1. The van der Waals surface area contributed by atoms with Crippen LogP contribution in [0.25, 0.3) is 0 Å². The molecule has 1 N–H and O–H groups in total. The van der Waals surface area contributed by atoms with E-state index in [1.54, 1.807) is 6.92 Å². The number of hydrogen-bond donors (Lipinski definition) is 1. The average Bonchev–Trinajstić information content (AvgIpc) is 2.56. The number of carbonyl (C=O) groups is 1. The fourth-order valence-electron chi connectivity index (χ4n) is 1.97. The Morgan fingerprint density at radius 1 is 1.17 bits per heavy atom. The molecule has 0 unspecified atom stereocenters. The van der Waals surface area contributed by atoms with Crippen LogP contribution in [0.1, 0.15) is 15.9 Å². The van der Waals surface area contributed by atoms with Crippen molar-refractivity contribution >= 4 is 27.4 Å². The predicted octanol–water partition coefficient (Wildman–Crippen LogP) is 2.49. The number of nitro benzene ring substituents is 1. The number of benzene rings is 2. The van der Waals surface area contributed by atoms with Crippen LogP contribution >= 0.6 is 0 Å². The van der Waals surface area contributed by atoms with E-state index in [4.69, 9.17) is 0 Å². The van der Waals surface area contributed by atoms with Gasteiger partial charge in [0.1, 0.15) is 0 Å². The highest BCUT2D eigenvalue weighted by Gasteiger charge is 2.17. The number of sulfonamides is 1. The van der Waals surface area contributed by atoms with Gasteiger partial charge in [0.25, 0.3) is 15.7 Å². The number of methoxy groups -OCH3 is 1. The third-order valence-corrected chi connectivity index (χ3v) is 4.63. The molecule has 0 saturated carbocycles. The standard InChI is InChI=1S/C15H14N2O6S/c1-10-9-11(15(18)23-2)3-8-14(10)16-24(21,22)13-6-4-12(5-7-13)17(19)20/h3-9,16H,1-2H3. The number of nitrogens with one attached hydrogen (secondary N) is 1. The summed E-state index contributed by atoms with van der Waals surface area (Å²) in [7, 11) is -2.65. The van der Waals surface area contributed by atoms with E-state index in [2.05, 4.69) is 9.46 Å².